The molecule has 0 bridgehead atoms. The molecular weight excluding hydrogens is 257 g/mol. The fraction of sp³-hybridized carbons (Fsp3) is 0.562. The number of aliphatic carboxylic acids is 1. The van der Waals surface area contributed by atoms with Crippen LogP contribution in [0.4, 0.5) is 10.1 Å². The second-order valence-corrected chi connectivity index (χ2v) is 5.41. The van der Waals surface area contributed by atoms with Gasteiger partial charge in [-0.1, -0.05) is 51.2 Å². The normalized spacial score (nSPS) is 13.8. The predicted octanol–water partition coefficient (Wildman–Crippen LogP) is 4.44. The fourth-order valence-corrected chi connectivity index (χ4v) is 2.16. The van der Waals surface area contributed by atoms with E-state index >= 15 is 0 Å². The summed E-state index contributed by atoms with van der Waals surface area (Å²) in [7, 11) is 0. The summed E-state index contributed by atoms with van der Waals surface area (Å²) in [5, 5.41) is 12.2. The molecule has 3 nitrogen and oxygen atoms in total. The van der Waals surface area contributed by atoms with Gasteiger partial charge in [0.2, 0.25) is 0 Å². The van der Waals surface area contributed by atoms with Gasteiger partial charge in [0, 0.05) is 0 Å². The predicted molar refractivity (Wildman–Crippen MR) is 79.4 cm³/mol. The van der Waals surface area contributed by atoms with Crippen LogP contribution >= 0.6 is 0 Å². The van der Waals surface area contributed by atoms with E-state index in [2.05, 4.69) is 12.2 Å². The first-order chi connectivity index (χ1) is 9.49. The van der Waals surface area contributed by atoms with Crippen LogP contribution in [0.5, 0.6) is 0 Å². The molecule has 4 heteroatoms. The van der Waals surface area contributed by atoms with Gasteiger partial charge >= 0.3 is 5.97 Å². The fourth-order valence-electron chi connectivity index (χ4n) is 2.16. The number of carboxylic acids is 1. The van der Waals surface area contributed by atoms with E-state index in [1.165, 1.54) is 12.5 Å². The number of benzene rings is 1. The maximum atomic E-state index is 13.6. The third-order valence-corrected chi connectivity index (χ3v) is 3.54. The van der Waals surface area contributed by atoms with E-state index in [9.17, 15) is 14.3 Å². The summed E-state index contributed by atoms with van der Waals surface area (Å²) in [6.07, 6.45) is 5.76. The standard InChI is InChI=1S/C16H24FNO2/c1-3-4-5-6-9-12-16(2,15(19)20)18-14-11-8-7-10-13(14)17/h7-8,10-11,18H,3-6,9,12H2,1-2H3,(H,19,20). The van der Waals surface area contributed by atoms with Crippen LogP contribution in [-0.2, 0) is 4.79 Å². The molecule has 0 saturated carbocycles. The van der Waals surface area contributed by atoms with Gasteiger partial charge < -0.3 is 10.4 Å². The molecule has 1 rings (SSSR count). The number of hydrogen-bond donors (Lipinski definition) is 2. The third-order valence-electron chi connectivity index (χ3n) is 3.54. The van der Waals surface area contributed by atoms with Crippen molar-refractivity contribution in [2.24, 2.45) is 0 Å². The average Bonchev–Trinajstić information content (AvgIpc) is 2.41. The molecule has 0 amide bonds. The smallest absolute Gasteiger partial charge is 0.329 e. The van der Waals surface area contributed by atoms with Crippen molar-refractivity contribution in [2.75, 3.05) is 5.32 Å². The minimum atomic E-state index is -1.13. The van der Waals surface area contributed by atoms with Gasteiger partial charge in [-0.05, 0) is 25.5 Å². The van der Waals surface area contributed by atoms with Gasteiger partial charge in [0.25, 0.3) is 0 Å². The molecule has 0 heterocycles. The topological polar surface area (TPSA) is 49.3 Å². The second kappa shape index (κ2) is 7.88. The van der Waals surface area contributed by atoms with Gasteiger partial charge in [0.15, 0.2) is 0 Å². The number of halogens is 1. The Balaban J connectivity index is 2.63. The Morgan fingerprint density at radius 1 is 1.25 bits per heavy atom. The van der Waals surface area contributed by atoms with Crippen LogP contribution in [0.3, 0.4) is 0 Å². The Labute approximate surface area is 120 Å². The lowest BCUT2D eigenvalue weighted by Crippen LogP contribution is -2.43. The van der Waals surface area contributed by atoms with E-state index in [0.717, 1.165) is 25.7 Å². The first kappa shape index (κ1) is 16.5. The summed E-state index contributed by atoms with van der Waals surface area (Å²) < 4.78 is 13.6. The number of carbonyl (C=O) groups is 1. The summed E-state index contributed by atoms with van der Waals surface area (Å²) in [6, 6.07) is 6.16. The van der Waals surface area contributed by atoms with Crippen LogP contribution in [0.15, 0.2) is 24.3 Å². The molecule has 1 unspecified atom stereocenters. The Kier molecular flexibility index (Phi) is 6.49. The first-order valence-corrected chi connectivity index (χ1v) is 7.25. The SMILES string of the molecule is CCCCCCCC(C)(Nc1ccccc1F)C(=O)O. The molecule has 2 N–H and O–H groups in total. The molecule has 0 radical (unpaired) electrons. The van der Waals surface area contributed by atoms with Crippen LogP contribution < -0.4 is 5.32 Å². The zero-order chi connectivity index (χ0) is 15.0. The molecule has 1 aromatic rings. The molecule has 0 fully saturated rings. The molecular formula is C16H24FNO2. The van der Waals surface area contributed by atoms with Crippen LogP contribution in [0.25, 0.3) is 0 Å². The Morgan fingerprint density at radius 2 is 1.90 bits per heavy atom. The number of rotatable bonds is 9. The van der Waals surface area contributed by atoms with Crippen LogP contribution in [0, 0.1) is 5.82 Å². The van der Waals surface area contributed by atoms with Crippen molar-refractivity contribution in [3.63, 3.8) is 0 Å². The van der Waals surface area contributed by atoms with E-state index in [1.807, 2.05) is 0 Å². The largest absolute Gasteiger partial charge is 0.480 e. The zero-order valence-corrected chi connectivity index (χ0v) is 12.3. The maximum absolute atomic E-state index is 13.6. The summed E-state index contributed by atoms with van der Waals surface area (Å²) in [4.78, 5) is 11.5. The zero-order valence-electron chi connectivity index (χ0n) is 12.3. The second-order valence-electron chi connectivity index (χ2n) is 5.41. The van der Waals surface area contributed by atoms with E-state index in [-0.39, 0.29) is 5.69 Å². The molecule has 0 aromatic heterocycles. The Hall–Kier alpha value is -1.58. The summed E-state index contributed by atoms with van der Waals surface area (Å²) in [5.74, 6) is -1.37. The van der Waals surface area contributed by atoms with Gasteiger partial charge in [0.1, 0.15) is 11.4 Å². The molecule has 0 spiro atoms. The number of para-hydroxylation sites is 1. The van der Waals surface area contributed by atoms with E-state index < -0.39 is 17.3 Å². The lowest BCUT2D eigenvalue weighted by atomic mass is 9.93. The molecule has 1 aromatic carbocycles. The highest BCUT2D eigenvalue weighted by Gasteiger charge is 2.32. The van der Waals surface area contributed by atoms with Gasteiger partial charge in [-0.3, -0.25) is 0 Å². The van der Waals surface area contributed by atoms with Crippen molar-refractivity contribution in [1.82, 2.24) is 0 Å². The summed E-state index contributed by atoms with van der Waals surface area (Å²) in [5.41, 5.74) is -0.889. The number of hydrogen-bond acceptors (Lipinski definition) is 2. The molecule has 0 aliphatic heterocycles. The van der Waals surface area contributed by atoms with Gasteiger partial charge in [-0.2, -0.15) is 0 Å². The quantitative estimate of drug-likeness (QED) is 0.658. The van der Waals surface area contributed by atoms with E-state index in [0.29, 0.717) is 6.42 Å². The first-order valence-electron chi connectivity index (χ1n) is 7.25. The highest BCUT2D eigenvalue weighted by atomic mass is 19.1. The third kappa shape index (κ3) is 4.83. The molecule has 0 saturated heterocycles. The highest BCUT2D eigenvalue weighted by Crippen LogP contribution is 2.24. The number of carboxylic acid groups (broad SMARTS) is 1. The van der Waals surface area contributed by atoms with Crippen molar-refractivity contribution in [3.8, 4) is 0 Å². The number of nitrogens with one attached hydrogen (secondary N) is 1. The summed E-state index contributed by atoms with van der Waals surface area (Å²) in [6.45, 7) is 3.75. The van der Waals surface area contributed by atoms with Crippen LogP contribution in [0.2, 0.25) is 0 Å². The summed E-state index contributed by atoms with van der Waals surface area (Å²) >= 11 is 0. The van der Waals surface area contributed by atoms with Gasteiger partial charge in [-0.15, -0.1) is 0 Å². The van der Waals surface area contributed by atoms with Crippen molar-refractivity contribution < 1.29 is 14.3 Å². The maximum Gasteiger partial charge on any atom is 0.329 e. The van der Waals surface area contributed by atoms with Crippen molar-refractivity contribution >= 4 is 11.7 Å². The van der Waals surface area contributed by atoms with Crippen molar-refractivity contribution in [2.45, 2.75) is 57.9 Å². The number of anilines is 1. The van der Waals surface area contributed by atoms with Gasteiger partial charge in [-0.25, -0.2) is 9.18 Å². The van der Waals surface area contributed by atoms with Crippen LogP contribution in [-0.4, -0.2) is 16.6 Å². The lowest BCUT2D eigenvalue weighted by molar-refractivity contribution is -0.142. The van der Waals surface area contributed by atoms with Gasteiger partial charge in [0.05, 0.1) is 5.69 Å². The minimum Gasteiger partial charge on any atom is -0.480 e. The monoisotopic (exact) mass is 281 g/mol. The molecule has 20 heavy (non-hydrogen) atoms. The van der Waals surface area contributed by atoms with E-state index in [1.54, 1.807) is 25.1 Å². The molecule has 112 valence electrons. The van der Waals surface area contributed by atoms with Crippen LogP contribution in [0.1, 0.15) is 52.4 Å². The van der Waals surface area contributed by atoms with E-state index in [4.69, 9.17) is 0 Å². The molecule has 0 aliphatic rings. The molecule has 1 atom stereocenters. The van der Waals surface area contributed by atoms with Crippen molar-refractivity contribution in [1.29, 1.82) is 0 Å². The highest BCUT2D eigenvalue weighted by molar-refractivity contribution is 5.82. The minimum absolute atomic E-state index is 0.242. The number of unbranched alkanes of at least 4 members (excludes halogenated alkanes) is 4. The average molecular weight is 281 g/mol. The Morgan fingerprint density at radius 3 is 2.50 bits per heavy atom. The molecule has 0 aliphatic carbocycles. The Bertz CT molecular complexity index is 436. The lowest BCUT2D eigenvalue weighted by Gasteiger charge is -2.27. The van der Waals surface area contributed by atoms with Crippen molar-refractivity contribution in [3.05, 3.63) is 30.1 Å².